The second-order valence-corrected chi connectivity index (χ2v) is 8.70. The summed E-state index contributed by atoms with van der Waals surface area (Å²) in [6.45, 7) is 3.01. The van der Waals surface area contributed by atoms with Crippen molar-refractivity contribution in [3.05, 3.63) is 40.3 Å². The van der Waals surface area contributed by atoms with Crippen molar-refractivity contribution in [1.82, 2.24) is 30.8 Å². The Morgan fingerprint density at radius 2 is 1.73 bits per heavy atom. The number of urea groups is 1. The van der Waals surface area contributed by atoms with Crippen molar-refractivity contribution in [2.45, 2.75) is 57.5 Å². The smallest absolute Gasteiger partial charge is 0.323 e. The van der Waals surface area contributed by atoms with Gasteiger partial charge in [0.2, 0.25) is 0 Å². The molecule has 3 N–H and O–H groups in total. The Balaban J connectivity index is 1.46. The molecule has 0 atom stereocenters. The number of carbonyl (C=O) groups is 4. The first-order valence-electron chi connectivity index (χ1n) is 11.0. The average Bonchev–Trinajstić information content (AvgIpc) is 3.02. The number of nitrogens with one attached hydrogen (secondary N) is 3. The van der Waals surface area contributed by atoms with Crippen LogP contribution in [-0.2, 0) is 9.59 Å². The standard InChI is InChI=1S/C22H26N6O5/c1-13(2)28-19(31)15-9-5-4-8-14(15)17(26-28)18(30)25-24-16(29)12-27-20(32)22(23-21(27)33)10-6-3-7-11-22/h4-5,8-9,13H,3,6-7,10-12H2,1-2H3,(H,23,33)(H,24,29)(H,25,30). The lowest BCUT2D eigenvalue weighted by molar-refractivity contribution is -0.136. The van der Waals surface area contributed by atoms with E-state index in [0.717, 1.165) is 24.2 Å². The lowest BCUT2D eigenvalue weighted by Crippen LogP contribution is -2.50. The van der Waals surface area contributed by atoms with Crippen molar-refractivity contribution in [3.63, 3.8) is 0 Å². The van der Waals surface area contributed by atoms with Crippen LogP contribution in [0.15, 0.2) is 29.1 Å². The predicted molar refractivity (Wildman–Crippen MR) is 118 cm³/mol. The number of amides is 5. The van der Waals surface area contributed by atoms with Gasteiger partial charge in [-0.05, 0) is 32.8 Å². The van der Waals surface area contributed by atoms with Gasteiger partial charge in [0.1, 0.15) is 12.1 Å². The molecule has 2 heterocycles. The molecule has 2 aliphatic rings. The van der Waals surface area contributed by atoms with Crippen molar-refractivity contribution in [2.24, 2.45) is 0 Å². The molecule has 2 aromatic rings. The zero-order valence-corrected chi connectivity index (χ0v) is 18.5. The van der Waals surface area contributed by atoms with E-state index in [1.807, 2.05) is 0 Å². The first-order valence-corrected chi connectivity index (χ1v) is 11.0. The van der Waals surface area contributed by atoms with Gasteiger partial charge in [0, 0.05) is 5.39 Å². The summed E-state index contributed by atoms with van der Waals surface area (Å²) in [5, 5.41) is 7.58. The van der Waals surface area contributed by atoms with Gasteiger partial charge in [-0.25, -0.2) is 9.48 Å². The second-order valence-electron chi connectivity index (χ2n) is 8.70. The molecule has 1 aromatic heterocycles. The van der Waals surface area contributed by atoms with E-state index in [2.05, 4.69) is 21.3 Å². The normalized spacial score (nSPS) is 17.5. The van der Waals surface area contributed by atoms with Crippen molar-refractivity contribution in [2.75, 3.05) is 6.54 Å². The summed E-state index contributed by atoms with van der Waals surface area (Å²) >= 11 is 0. The molecule has 0 radical (unpaired) electrons. The SMILES string of the molecule is CC(C)n1nc(C(=O)NNC(=O)CN2C(=O)NC3(CCCCC3)C2=O)c2ccccc2c1=O. The molecule has 2 fully saturated rings. The molecule has 11 nitrogen and oxygen atoms in total. The summed E-state index contributed by atoms with van der Waals surface area (Å²) in [6, 6.07) is 5.68. The largest absolute Gasteiger partial charge is 0.325 e. The summed E-state index contributed by atoms with van der Waals surface area (Å²) in [5.41, 5.74) is 3.21. The van der Waals surface area contributed by atoms with E-state index in [-0.39, 0.29) is 17.3 Å². The molecule has 5 amide bonds. The van der Waals surface area contributed by atoms with E-state index >= 15 is 0 Å². The van der Waals surface area contributed by atoms with Gasteiger partial charge in [-0.2, -0.15) is 5.10 Å². The molecule has 33 heavy (non-hydrogen) atoms. The maximum atomic E-state index is 12.8. The van der Waals surface area contributed by atoms with Crippen LogP contribution in [0.4, 0.5) is 4.79 Å². The van der Waals surface area contributed by atoms with Gasteiger partial charge >= 0.3 is 6.03 Å². The van der Waals surface area contributed by atoms with E-state index in [1.54, 1.807) is 38.1 Å². The Hall–Kier alpha value is -3.76. The Bertz CT molecular complexity index is 1200. The molecule has 4 rings (SSSR count). The topological polar surface area (TPSA) is 142 Å². The molecular weight excluding hydrogens is 428 g/mol. The highest BCUT2D eigenvalue weighted by Gasteiger charge is 2.51. The minimum absolute atomic E-state index is 0.0321. The average molecular weight is 454 g/mol. The number of fused-ring (bicyclic) bond motifs is 1. The Morgan fingerprint density at radius 1 is 1.06 bits per heavy atom. The first-order chi connectivity index (χ1) is 15.7. The van der Waals surface area contributed by atoms with E-state index < -0.39 is 35.8 Å². The molecule has 0 unspecified atom stereocenters. The second kappa shape index (κ2) is 8.64. The van der Waals surface area contributed by atoms with Crippen LogP contribution in [-0.4, -0.2) is 50.5 Å². The maximum absolute atomic E-state index is 12.8. The molecule has 1 spiro atoms. The van der Waals surface area contributed by atoms with Crippen LogP contribution < -0.4 is 21.7 Å². The van der Waals surface area contributed by atoms with E-state index in [0.29, 0.717) is 23.6 Å². The Morgan fingerprint density at radius 3 is 2.39 bits per heavy atom. The Kier molecular flexibility index (Phi) is 5.88. The summed E-state index contributed by atoms with van der Waals surface area (Å²) in [5.74, 6) is -1.87. The first kappa shape index (κ1) is 22.4. The molecular formula is C22H26N6O5. The number of rotatable bonds is 4. The van der Waals surface area contributed by atoms with E-state index in [4.69, 9.17) is 0 Å². The highest BCUT2D eigenvalue weighted by atomic mass is 16.2. The van der Waals surface area contributed by atoms with E-state index in [1.165, 1.54) is 4.68 Å². The monoisotopic (exact) mass is 454 g/mol. The number of imide groups is 1. The number of aromatic nitrogens is 2. The number of hydrogen-bond donors (Lipinski definition) is 3. The highest BCUT2D eigenvalue weighted by molar-refractivity contribution is 6.09. The fourth-order valence-corrected chi connectivity index (χ4v) is 4.41. The summed E-state index contributed by atoms with van der Waals surface area (Å²) < 4.78 is 1.20. The van der Waals surface area contributed by atoms with Crippen molar-refractivity contribution >= 4 is 34.5 Å². The van der Waals surface area contributed by atoms with Gasteiger partial charge in [0.15, 0.2) is 5.69 Å². The van der Waals surface area contributed by atoms with Gasteiger partial charge in [-0.3, -0.25) is 34.9 Å². The molecule has 1 saturated heterocycles. The van der Waals surface area contributed by atoms with Crippen molar-refractivity contribution in [3.8, 4) is 0 Å². The third-order valence-corrected chi connectivity index (χ3v) is 6.10. The Labute approximate surface area is 189 Å². The zero-order valence-electron chi connectivity index (χ0n) is 18.5. The summed E-state index contributed by atoms with van der Waals surface area (Å²) in [4.78, 5) is 63.8. The lowest BCUT2D eigenvalue weighted by Gasteiger charge is -2.30. The van der Waals surface area contributed by atoms with Crippen molar-refractivity contribution < 1.29 is 19.2 Å². The van der Waals surface area contributed by atoms with Gasteiger partial charge in [0.05, 0.1) is 11.4 Å². The molecule has 1 saturated carbocycles. The fourth-order valence-electron chi connectivity index (χ4n) is 4.41. The van der Waals surface area contributed by atoms with Crippen LogP contribution in [0.5, 0.6) is 0 Å². The van der Waals surface area contributed by atoms with Crippen LogP contribution in [0.1, 0.15) is 62.5 Å². The number of carbonyl (C=O) groups excluding carboxylic acids is 4. The van der Waals surface area contributed by atoms with Gasteiger partial charge < -0.3 is 5.32 Å². The predicted octanol–water partition coefficient (Wildman–Crippen LogP) is 0.993. The van der Waals surface area contributed by atoms with Crippen LogP contribution in [0.25, 0.3) is 10.8 Å². The molecule has 1 aliphatic carbocycles. The third-order valence-electron chi connectivity index (χ3n) is 6.10. The van der Waals surface area contributed by atoms with Crippen LogP contribution in [0.2, 0.25) is 0 Å². The van der Waals surface area contributed by atoms with Crippen LogP contribution in [0.3, 0.4) is 0 Å². The maximum Gasteiger partial charge on any atom is 0.325 e. The quantitative estimate of drug-likeness (QED) is 0.465. The summed E-state index contributed by atoms with van der Waals surface area (Å²) in [7, 11) is 0. The lowest BCUT2D eigenvalue weighted by atomic mass is 9.82. The molecule has 1 aromatic carbocycles. The zero-order chi connectivity index (χ0) is 23.8. The number of benzene rings is 1. The fraction of sp³-hybridized carbons (Fsp3) is 0.455. The number of hydrogen-bond acceptors (Lipinski definition) is 6. The molecule has 1 aliphatic heterocycles. The van der Waals surface area contributed by atoms with Gasteiger partial charge in [0.25, 0.3) is 23.3 Å². The van der Waals surface area contributed by atoms with Crippen LogP contribution in [0, 0.1) is 0 Å². The molecule has 0 bridgehead atoms. The number of nitrogens with zero attached hydrogens (tertiary/aromatic N) is 3. The van der Waals surface area contributed by atoms with Crippen LogP contribution >= 0.6 is 0 Å². The van der Waals surface area contributed by atoms with Gasteiger partial charge in [-0.15, -0.1) is 0 Å². The third kappa shape index (κ3) is 4.06. The highest BCUT2D eigenvalue weighted by Crippen LogP contribution is 2.33. The van der Waals surface area contributed by atoms with Gasteiger partial charge in [-0.1, -0.05) is 37.5 Å². The minimum atomic E-state index is -0.924. The molecule has 174 valence electrons. The van der Waals surface area contributed by atoms with E-state index in [9.17, 15) is 24.0 Å². The summed E-state index contributed by atoms with van der Waals surface area (Å²) in [6.07, 6.45) is 3.78. The molecule has 11 heteroatoms. The van der Waals surface area contributed by atoms with Crippen molar-refractivity contribution in [1.29, 1.82) is 0 Å². The minimum Gasteiger partial charge on any atom is -0.323 e. The number of hydrazine groups is 1.